The van der Waals surface area contributed by atoms with Gasteiger partial charge in [0, 0.05) is 44.7 Å². The Morgan fingerprint density at radius 2 is 1.87 bits per heavy atom. The van der Waals surface area contributed by atoms with Gasteiger partial charge in [-0.25, -0.2) is 4.98 Å². The minimum absolute atomic E-state index is 0.189. The Balaban J connectivity index is 1.52. The lowest BCUT2D eigenvalue weighted by atomic mass is 10.1. The molecule has 0 amide bonds. The van der Waals surface area contributed by atoms with Crippen LogP contribution in [0.2, 0.25) is 0 Å². The van der Waals surface area contributed by atoms with Crippen molar-refractivity contribution in [3.05, 3.63) is 78.2 Å². The summed E-state index contributed by atoms with van der Waals surface area (Å²) in [7, 11) is 0. The molecule has 0 aliphatic heterocycles. The molecular formula is C23H14FN5S. The fourth-order valence-electron chi connectivity index (χ4n) is 3.74. The molecule has 0 unspecified atom stereocenters. The molecule has 30 heavy (non-hydrogen) atoms. The first-order chi connectivity index (χ1) is 14.8. The highest BCUT2D eigenvalue weighted by Gasteiger charge is 2.15. The second kappa shape index (κ2) is 6.60. The van der Waals surface area contributed by atoms with Crippen LogP contribution in [0.25, 0.3) is 55.0 Å². The number of pyridine rings is 2. The predicted molar refractivity (Wildman–Crippen MR) is 118 cm³/mol. The van der Waals surface area contributed by atoms with Crippen LogP contribution in [0.15, 0.2) is 73.1 Å². The number of hydrogen-bond donors (Lipinski definition) is 2. The summed E-state index contributed by atoms with van der Waals surface area (Å²) in [5, 5.41) is 9.23. The van der Waals surface area contributed by atoms with Crippen molar-refractivity contribution in [3.8, 4) is 33.1 Å². The first-order valence-electron chi connectivity index (χ1n) is 9.39. The van der Waals surface area contributed by atoms with Crippen molar-refractivity contribution in [2.75, 3.05) is 0 Å². The minimum atomic E-state index is -0.189. The topological polar surface area (TPSA) is 70.2 Å². The molecule has 5 aromatic heterocycles. The van der Waals surface area contributed by atoms with Gasteiger partial charge in [0.25, 0.3) is 0 Å². The molecule has 5 heterocycles. The standard InChI is InChI=1S/C23H14FN5S/c24-21-8-7-20(30-21)14-4-3-6-18-15(14)11-19(27-18)22-16-10-13(12-26-23(16)29-28-22)17-5-1-2-9-25-17/h1-12,27H,(H,26,28,29). The van der Waals surface area contributed by atoms with Gasteiger partial charge in [-0.3, -0.25) is 10.1 Å². The third-order valence-corrected chi connectivity index (χ3v) is 6.05. The summed E-state index contributed by atoms with van der Waals surface area (Å²) < 4.78 is 13.6. The Bertz CT molecular complexity index is 1510. The number of rotatable bonds is 3. The Labute approximate surface area is 174 Å². The van der Waals surface area contributed by atoms with Crippen molar-refractivity contribution in [1.82, 2.24) is 25.1 Å². The van der Waals surface area contributed by atoms with Crippen LogP contribution in [0.3, 0.4) is 0 Å². The van der Waals surface area contributed by atoms with Gasteiger partial charge in [0.1, 0.15) is 0 Å². The van der Waals surface area contributed by atoms with Gasteiger partial charge in [0.15, 0.2) is 10.8 Å². The molecule has 0 aliphatic carbocycles. The van der Waals surface area contributed by atoms with Crippen molar-refractivity contribution in [1.29, 1.82) is 0 Å². The SMILES string of the molecule is Fc1ccc(-c2cccc3[nH]c(-c4[nH]nc5ncc(-c6ccccn6)cc45)cc23)s1. The summed E-state index contributed by atoms with van der Waals surface area (Å²) in [5.74, 6) is 0. The second-order valence-electron chi connectivity index (χ2n) is 6.96. The van der Waals surface area contributed by atoms with E-state index in [1.807, 2.05) is 48.5 Å². The number of H-pyrrole nitrogens is 2. The molecule has 0 fully saturated rings. The Kier molecular flexibility index (Phi) is 3.75. The Morgan fingerprint density at radius 1 is 0.900 bits per heavy atom. The van der Waals surface area contributed by atoms with E-state index in [1.54, 1.807) is 12.4 Å². The van der Waals surface area contributed by atoms with Crippen LogP contribution in [-0.4, -0.2) is 25.1 Å². The van der Waals surface area contributed by atoms with Gasteiger partial charge in [-0.1, -0.05) is 18.2 Å². The van der Waals surface area contributed by atoms with Crippen LogP contribution < -0.4 is 0 Å². The van der Waals surface area contributed by atoms with Crippen molar-refractivity contribution >= 4 is 33.3 Å². The number of aromatic nitrogens is 5. The molecule has 6 aromatic rings. The lowest BCUT2D eigenvalue weighted by Gasteiger charge is -2.00. The number of halogens is 1. The molecule has 0 saturated heterocycles. The molecule has 0 spiro atoms. The highest BCUT2D eigenvalue weighted by Crippen LogP contribution is 2.36. The average molecular weight is 411 g/mol. The highest BCUT2D eigenvalue weighted by atomic mass is 32.1. The van der Waals surface area contributed by atoms with Gasteiger partial charge in [0.05, 0.1) is 17.1 Å². The molecule has 0 atom stereocenters. The van der Waals surface area contributed by atoms with Gasteiger partial charge in [0.2, 0.25) is 0 Å². The zero-order valence-electron chi connectivity index (χ0n) is 15.6. The molecule has 5 nitrogen and oxygen atoms in total. The maximum absolute atomic E-state index is 13.6. The van der Waals surface area contributed by atoms with E-state index in [-0.39, 0.29) is 5.13 Å². The number of nitrogens with zero attached hydrogens (tertiary/aromatic N) is 3. The number of benzene rings is 1. The third kappa shape index (κ3) is 2.71. The van der Waals surface area contributed by atoms with Crippen LogP contribution in [0.1, 0.15) is 0 Å². The molecular weight excluding hydrogens is 397 g/mol. The van der Waals surface area contributed by atoms with Crippen LogP contribution in [-0.2, 0) is 0 Å². The van der Waals surface area contributed by atoms with Crippen molar-refractivity contribution in [3.63, 3.8) is 0 Å². The number of aromatic amines is 2. The zero-order valence-corrected chi connectivity index (χ0v) is 16.4. The van der Waals surface area contributed by atoms with Crippen LogP contribution in [0.5, 0.6) is 0 Å². The number of fused-ring (bicyclic) bond motifs is 2. The summed E-state index contributed by atoms with van der Waals surface area (Å²) >= 11 is 1.15. The fraction of sp³-hybridized carbons (Fsp3) is 0. The third-order valence-electron chi connectivity index (χ3n) is 5.14. The van der Waals surface area contributed by atoms with Crippen molar-refractivity contribution in [2.24, 2.45) is 0 Å². The van der Waals surface area contributed by atoms with E-state index >= 15 is 0 Å². The Hall–Kier alpha value is -3.84. The first-order valence-corrected chi connectivity index (χ1v) is 10.2. The maximum Gasteiger partial charge on any atom is 0.181 e. The summed E-state index contributed by atoms with van der Waals surface area (Å²) in [6.45, 7) is 0. The van der Waals surface area contributed by atoms with E-state index < -0.39 is 0 Å². The van der Waals surface area contributed by atoms with Gasteiger partial charge < -0.3 is 4.98 Å². The first kappa shape index (κ1) is 17.1. The molecule has 0 bridgehead atoms. The number of thiophene rings is 1. The van der Waals surface area contributed by atoms with E-state index in [1.165, 1.54) is 6.07 Å². The number of hydrogen-bond acceptors (Lipinski definition) is 4. The fourth-order valence-corrected chi connectivity index (χ4v) is 4.51. The van der Waals surface area contributed by atoms with Gasteiger partial charge >= 0.3 is 0 Å². The van der Waals surface area contributed by atoms with Crippen LogP contribution in [0, 0.1) is 5.13 Å². The maximum atomic E-state index is 13.6. The molecule has 2 N–H and O–H groups in total. The molecule has 0 aliphatic rings. The summed E-state index contributed by atoms with van der Waals surface area (Å²) in [4.78, 5) is 13.3. The number of nitrogens with one attached hydrogen (secondary N) is 2. The van der Waals surface area contributed by atoms with E-state index in [2.05, 4.69) is 31.2 Å². The van der Waals surface area contributed by atoms with Crippen LogP contribution >= 0.6 is 11.3 Å². The Morgan fingerprint density at radius 3 is 2.70 bits per heavy atom. The van der Waals surface area contributed by atoms with Gasteiger partial charge in [-0.2, -0.15) is 9.49 Å². The average Bonchev–Trinajstić information content (AvgIpc) is 3.51. The molecule has 1 aromatic carbocycles. The van der Waals surface area contributed by atoms with Gasteiger partial charge in [-0.05, 0) is 42.5 Å². The molecule has 144 valence electrons. The molecule has 6 rings (SSSR count). The zero-order chi connectivity index (χ0) is 20.1. The lowest BCUT2D eigenvalue weighted by molar-refractivity contribution is 0.657. The van der Waals surface area contributed by atoms with Crippen LogP contribution in [0.4, 0.5) is 4.39 Å². The highest BCUT2D eigenvalue weighted by molar-refractivity contribution is 7.14. The minimum Gasteiger partial charge on any atom is -0.353 e. The summed E-state index contributed by atoms with van der Waals surface area (Å²) in [5.41, 5.74) is 6.16. The quantitative estimate of drug-likeness (QED) is 0.373. The van der Waals surface area contributed by atoms with E-state index in [0.29, 0.717) is 5.65 Å². The summed E-state index contributed by atoms with van der Waals surface area (Å²) in [6.07, 6.45) is 3.55. The molecule has 7 heteroatoms. The normalized spacial score (nSPS) is 11.5. The van der Waals surface area contributed by atoms with Gasteiger partial charge in [-0.15, -0.1) is 11.3 Å². The largest absolute Gasteiger partial charge is 0.353 e. The second-order valence-corrected chi connectivity index (χ2v) is 8.00. The smallest absolute Gasteiger partial charge is 0.181 e. The molecule has 0 radical (unpaired) electrons. The van der Waals surface area contributed by atoms with Crippen molar-refractivity contribution in [2.45, 2.75) is 0 Å². The summed E-state index contributed by atoms with van der Waals surface area (Å²) in [6, 6.07) is 19.2. The predicted octanol–water partition coefficient (Wildman–Crippen LogP) is 6.04. The van der Waals surface area contributed by atoms with E-state index in [9.17, 15) is 4.39 Å². The van der Waals surface area contributed by atoms with E-state index in [4.69, 9.17) is 0 Å². The monoisotopic (exact) mass is 411 g/mol. The lowest BCUT2D eigenvalue weighted by Crippen LogP contribution is -1.85. The molecule has 0 saturated carbocycles. The van der Waals surface area contributed by atoms with Crippen molar-refractivity contribution < 1.29 is 4.39 Å². The van der Waals surface area contributed by atoms with E-state index in [0.717, 1.165) is 60.7 Å².